The third kappa shape index (κ3) is 4.88. The molecule has 0 radical (unpaired) electrons. The Hall–Kier alpha value is -2.71. The van der Waals surface area contributed by atoms with Crippen molar-refractivity contribution in [1.29, 1.82) is 0 Å². The van der Waals surface area contributed by atoms with Crippen LogP contribution in [0, 0.1) is 0 Å². The standard InChI is InChI=1S/C22H22O6S2/c1-4-30(25,26)19-9-6-17(7-10-19)28-21-12-15(13-22(23)27-2)11-16-5-8-18(29(3)24)14-20(16)21/h5-12,14H,4,13H2,1-3H3. The number of methoxy groups -OCH3 is 1. The van der Waals surface area contributed by atoms with Crippen LogP contribution in [0.3, 0.4) is 0 Å². The first kappa shape index (κ1) is 22.0. The first-order chi connectivity index (χ1) is 14.2. The van der Waals surface area contributed by atoms with Crippen molar-refractivity contribution in [3.05, 3.63) is 60.2 Å². The van der Waals surface area contributed by atoms with E-state index < -0.39 is 20.6 Å². The molecule has 158 valence electrons. The topological polar surface area (TPSA) is 86.7 Å². The Balaban J connectivity index is 2.06. The fourth-order valence-corrected chi connectivity index (χ4v) is 4.40. The number of carbonyl (C=O) groups is 1. The zero-order valence-electron chi connectivity index (χ0n) is 16.9. The second-order valence-electron chi connectivity index (χ2n) is 6.66. The van der Waals surface area contributed by atoms with Crippen LogP contribution in [0.5, 0.6) is 11.5 Å². The van der Waals surface area contributed by atoms with Crippen LogP contribution in [-0.2, 0) is 36.6 Å². The third-order valence-corrected chi connectivity index (χ3v) is 7.31. The van der Waals surface area contributed by atoms with Gasteiger partial charge in [0, 0.05) is 27.3 Å². The van der Waals surface area contributed by atoms with Crippen molar-refractivity contribution < 1.29 is 26.9 Å². The van der Waals surface area contributed by atoms with Gasteiger partial charge in [-0.1, -0.05) is 19.1 Å². The quantitative estimate of drug-likeness (QED) is 0.512. The molecular weight excluding hydrogens is 424 g/mol. The highest BCUT2D eigenvalue weighted by molar-refractivity contribution is 7.91. The van der Waals surface area contributed by atoms with E-state index >= 15 is 0 Å². The van der Waals surface area contributed by atoms with Gasteiger partial charge in [0.1, 0.15) is 11.5 Å². The van der Waals surface area contributed by atoms with Gasteiger partial charge in [0.05, 0.1) is 24.2 Å². The van der Waals surface area contributed by atoms with Crippen LogP contribution in [-0.4, -0.2) is 37.7 Å². The average Bonchev–Trinajstić information content (AvgIpc) is 2.73. The van der Waals surface area contributed by atoms with Gasteiger partial charge in [-0.3, -0.25) is 9.00 Å². The van der Waals surface area contributed by atoms with Crippen LogP contribution < -0.4 is 4.74 Å². The number of rotatable bonds is 7. The van der Waals surface area contributed by atoms with Gasteiger partial charge in [-0.25, -0.2) is 8.42 Å². The Morgan fingerprint density at radius 1 is 1.03 bits per heavy atom. The van der Waals surface area contributed by atoms with Gasteiger partial charge < -0.3 is 9.47 Å². The summed E-state index contributed by atoms with van der Waals surface area (Å²) in [7, 11) is -3.14. The fraction of sp³-hybridized carbons (Fsp3) is 0.227. The van der Waals surface area contributed by atoms with Crippen molar-refractivity contribution in [3.8, 4) is 11.5 Å². The van der Waals surface area contributed by atoms with E-state index in [0.29, 0.717) is 22.0 Å². The Labute approximate surface area is 178 Å². The second kappa shape index (κ2) is 8.97. The maximum atomic E-state index is 12.0. The molecule has 0 spiro atoms. The van der Waals surface area contributed by atoms with Crippen LogP contribution in [0.1, 0.15) is 12.5 Å². The highest BCUT2D eigenvalue weighted by atomic mass is 32.2. The van der Waals surface area contributed by atoms with Gasteiger partial charge in [0.25, 0.3) is 0 Å². The molecule has 0 aliphatic carbocycles. The minimum Gasteiger partial charge on any atom is -0.469 e. The molecule has 8 heteroatoms. The van der Waals surface area contributed by atoms with Gasteiger partial charge in [-0.15, -0.1) is 0 Å². The molecular formula is C22H22O6S2. The summed E-state index contributed by atoms with van der Waals surface area (Å²) in [6.07, 6.45) is 1.68. The van der Waals surface area contributed by atoms with Crippen molar-refractivity contribution in [3.63, 3.8) is 0 Å². The zero-order chi connectivity index (χ0) is 21.9. The normalized spacial score (nSPS) is 12.5. The average molecular weight is 447 g/mol. The lowest BCUT2D eigenvalue weighted by Gasteiger charge is -2.13. The molecule has 3 aromatic carbocycles. The van der Waals surface area contributed by atoms with E-state index in [1.165, 1.54) is 19.2 Å². The third-order valence-electron chi connectivity index (χ3n) is 4.65. The second-order valence-corrected chi connectivity index (χ2v) is 10.3. The summed E-state index contributed by atoms with van der Waals surface area (Å²) in [5, 5.41) is 1.56. The maximum Gasteiger partial charge on any atom is 0.309 e. The van der Waals surface area contributed by atoms with Crippen molar-refractivity contribution in [1.82, 2.24) is 0 Å². The lowest BCUT2D eigenvalue weighted by molar-refractivity contribution is -0.139. The summed E-state index contributed by atoms with van der Waals surface area (Å²) in [4.78, 5) is 12.6. The fourth-order valence-electron chi connectivity index (χ4n) is 2.97. The molecule has 0 amide bonds. The van der Waals surface area contributed by atoms with Crippen LogP contribution in [0.4, 0.5) is 0 Å². The zero-order valence-corrected chi connectivity index (χ0v) is 18.5. The molecule has 0 aliphatic heterocycles. The molecule has 0 fully saturated rings. The Kier molecular flexibility index (Phi) is 6.58. The number of sulfone groups is 1. The largest absolute Gasteiger partial charge is 0.469 e. The van der Waals surface area contributed by atoms with Crippen molar-refractivity contribution >= 4 is 37.4 Å². The van der Waals surface area contributed by atoms with Gasteiger partial charge >= 0.3 is 5.97 Å². The molecule has 0 aromatic heterocycles. The Morgan fingerprint density at radius 2 is 1.73 bits per heavy atom. The number of carbonyl (C=O) groups excluding carboxylic acids is 1. The van der Waals surface area contributed by atoms with E-state index in [-0.39, 0.29) is 23.0 Å². The van der Waals surface area contributed by atoms with Crippen LogP contribution >= 0.6 is 0 Å². The van der Waals surface area contributed by atoms with Crippen LogP contribution in [0.15, 0.2) is 64.4 Å². The Morgan fingerprint density at radius 3 is 2.33 bits per heavy atom. The van der Waals surface area contributed by atoms with E-state index in [1.54, 1.807) is 43.5 Å². The number of fused-ring (bicyclic) bond motifs is 1. The number of ether oxygens (including phenoxy) is 2. The number of hydrogen-bond acceptors (Lipinski definition) is 6. The van der Waals surface area contributed by atoms with E-state index in [9.17, 15) is 17.4 Å². The Bertz CT molecular complexity index is 1210. The monoisotopic (exact) mass is 446 g/mol. The molecule has 0 bridgehead atoms. The van der Waals surface area contributed by atoms with Gasteiger partial charge in [-0.2, -0.15) is 0 Å². The molecule has 0 saturated heterocycles. The minimum absolute atomic E-state index is 0.0182. The summed E-state index contributed by atoms with van der Waals surface area (Å²) < 4.78 is 46.7. The molecule has 3 rings (SSSR count). The molecule has 1 unspecified atom stereocenters. The molecule has 3 aromatic rings. The summed E-state index contributed by atoms with van der Waals surface area (Å²) in [5.74, 6) is 0.569. The van der Waals surface area contributed by atoms with Crippen molar-refractivity contribution in [2.45, 2.75) is 23.1 Å². The van der Waals surface area contributed by atoms with E-state index in [2.05, 4.69) is 0 Å². The maximum absolute atomic E-state index is 12.0. The first-order valence-electron chi connectivity index (χ1n) is 9.21. The van der Waals surface area contributed by atoms with Crippen LogP contribution in [0.25, 0.3) is 10.8 Å². The summed E-state index contributed by atoms with van der Waals surface area (Å²) >= 11 is 0. The predicted molar refractivity (Wildman–Crippen MR) is 116 cm³/mol. The summed E-state index contributed by atoms with van der Waals surface area (Å²) in [6.45, 7) is 1.59. The SMILES string of the molecule is CCS(=O)(=O)c1ccc(Oc2cc(CC(=O)OC)cc3ccc(S(C)=O)cc23)cc1. The number of hydrogen-bond donors (Lipinski definition) is 0. The molecule has 0 heterocycles. The van der Waals surface area contributed by atoms with E-state index in [0.717, 1.165) is 10.8 Å². The molecule has 6 nitrogen and oxygen atoms in total. The van der Waals surface area contributed by atoms with Crippen molar-refractivity contribution in [2.75, 3.05) is 19.1 Å². The van der Waals surface area contributed by atoms with Gasteiger partial charge in [0.15, 0.2) is 9.84 Å². The van der Waals surface area contributed by atoms with Crippen LogP contribution in [0.2, 0.25) is 0 Å². The first-order valence-corrected chi connectivity index (χ1v) is 12.4. The van der Waals surface area contributed by atoms with Gasteiger partial charge in [0.2, 0.25) is 0 Å². The highest BCUT2D eigenvalue weighted by Crippen LogP contribution is 2.33. The van der Waals surface area contributed by atoms with Gasteiger partial charge in [-0.05, 0) is 53.4 Å². The highest BCUT2D eigenvalue weighted by Gasteiger charge is 2.14. The summed E-state index contributed by atoms with van der Waals surface area (Å²) in [5.41, 5.74) is 0.708. The molecule has 0 saturated carbocycles. The smallest absolute Gasteiger partial charge is 0.309 e. The number of esters is 1. The molecule has 0 N–H and O–H groups in total. The lowest BCUT2D eigenvalue weighted by Crippen LogP contribution is -2.05. The molecule has 1 atom stereocenters. The summed E-state index contributed by atoms with van der Waals surface area (Å²) in [6, 6.07) is 15.2. The van der Waals surface area contributed by atoms with E-state index in [1.807, 2.05) is 12.1 Å². The predicted octanol–water partition coefficient (Wildman–Crippen LogP) is 3.88. The minimum atomic E-state index is -3.30. The lowest BCUT2D eigenvalue weighted by atomic mass is 10.0. The number of benzene rings is 3. The molecule has 30 heavy (non-hydrogen) atoms. The van der Waals surface area contributed by atoms with E-state index in [4.69, 9.17) is 9.47 Å². The van der Waals surface area contributed by atoms with Crippen molar-refractivity contribution in [2.24, 2.45) is 0 Å². The molecule has 0 aliphatic rings.